The summed E-state index contributed by atoms with van der Waals surface area (Å²) in [5.74, 6) is -2.40. The second-order valence-corrected chi connectivity index (χ2v) is 3.46. The molecule has 0 spiro atoms. The maximum atomic E-state index is 13.0. The summed E-state index contributed by atoms with van der Waals surface area (Å²) in [5.41, 5.74) is 1.38. The molecule has 0 N–H and O–H groups in total. The number of hydrogen-bond donors (Lipinski definition) is 0. The van der Waals surface area contributed by atoms with E-state index in [-0.39, 0.29) is 0 Å². The lowest BCUT2D eigenvalue weighted by atomic mass is 10.1. The van der Waals surface area contributed by atoms with E-state index in [1.807, 2.05) is 0 Å². The first-order valence-corrected chi connectivity index (χ1v) is 4.65. The van der Waals surface area contributed by atoms with E-state index in [2.05, 4.69) is 4.98 Å². The summed E-state index contributed by atoms with van der Waals surface area (Å²) >= 11 is 0. The number of rotatable bonds is 1. The van der Waals surface area contributed by atoms with Gasteiger partial charge in [-0.15, -0.1) is 0 Å². The Bertz CT molecular complexity index is 488. The minimum atomic E-state index is -0.931. The van der Waals surface area contributed by atoms with Gasteiger partial charge >= 0.3 is 0 Å². The van der Waals surface area contributed by atoms with Crippen LogP contribution in [0.25, 0.3) is 11.1 Å². The Kier molecular flexibility index (Phi) is 2.64. The zero-order chi connectivity index (χ0) is 11.7. The van der Waals surface area contributed by atoms with Crippen molar-refractivity contribution in [3.8, 4) is 11.1 Å². The highest BCUT2D eigenvalue weighted by Gasteiger charge is 2.06. The molecule has 0 radical (unpaired) electrons. The van der Waals surface area contributed by atoms with Gasteiger partial charge in [0, 0.05) is 17.3 Å². The lowest BCUT2D eigenvalue weighted by Crippen LogP contribution is -1.90. The third-order valence-electron chi connectivity index (χ3n) is 2.27. The van der Waals surface area contributed by atoms with Gasteiger partial charge in [0.15, 0.2) is 11.6 Å². The predicted octanol–water partition coefficient (Wildman–Crippen LogP) is 3.47. The van der Waals surface area contributed by atoms with Crippen LogP contribution in [0.2, 0.25) is 0 Å². The Hall–Kier alpha value is -1.84. The molecule has 0 bridgehead atoms. The van der Waals surface area contributed by atoms with Crippen LogP contribution in [0.15, 0.2) is 30.5 Å². The number of aromatic nitrogens is 1. The molecule has 0 amide bonds. The standard InChI is InChI=1S/C12H8F3N/c1-7-4-9(6-16-12(7)15)8-2-3-10(13)11(14)5-8/h2-6H,1H3. The normalized spacial score (nSPS) is 10.5. The van der Waals surface area contributed by atoms with Crippen LogP contribution in [0.1, 0.15) is 5.56 Å². The van der Waals surface area contributed by atoms with Gasteiger partial charge in [-0.25, -0.2) is 13.8 Å². The van der Waals surface area contributed by atoms with E-state index >= 15 is 0 Å². The van der Waals surface area contributed by atoms with Gasteiger partial charge in [-0.1, -0.05) is 6.07 Å². The number of benzene rings is 1. The third kappa shape index (κ3) is 1.91. The second kappa shape index (κ2) is 3.96. The number of nitrogens with zero attached hydrogens (tertiary/aromatic N) is 1. The molecule has 0 saturated heterocycles. The van der Waals surface area contributed by atoms with Crippen molar-refractivity contribution in [2.75, 3.05) is 0 Å². The van der Waals surface area contributed by atoms with Crippen molar-refractivity contribution >= 4 is 0 Å². The first-order valence-electron chi connectivity index (χ1n) is 4.65. The second-order valence-electron chi connectivity index (χ2n) is 3.46. The van der Waals surface area contributed by atoms with Crippen molar-refractivity contribution in [3.05, 3.63) is 53.6 Å². The molecule has 0 fully saturated rings. The number of aryl methyl sites for hydroxylation is 1. The van der Waals surface area contributed by atoms with Crippen LogP contribution < -0.4 is 0 Å². The minimum Gasteiger partial charge on any atom is -0.227 e. The highest BCUT2D eigenvalue weighted by molar-refractivity contribution is 5.63. The fourth-order valence-corrected chi connectivity index (χ4v) is 1.39. The van der Waals surface area contributed by atoms with Crippen molar-refractivity contribution < 1.29 is 13.2 Å². The largest absolute Gasteiger partial charge is 0.227 e. The monoisotopic (exact) mass is 223 g/mol. The Balaban J connectivity index is 2.50. The molecule has 1 nitrogen and oxygen atoms in total. The van der Waals surface area contributed by atoms with Gasteiger partial charge in [-0.2, -0.15) is 4.39 Å². The van der Waals surface area contributed by atoms with Crippen molar-refractivity contribution in [1.82, 2.24) is 4.98 Å². The molecular weight excluding hydrogens is 215 g/mol. The summed E-state index contributed by atoms with van der Waals surface area (Å²) in [5, 5.41) is 0. The number of pyridine rings is 1. The summed E-state index contributed by atoms with van der Waals surface area (Å²) < 4.78 is 38.6. The smallest absolute Gasteiger partial charge is 0.215 e. The molecule has 0 aliphatic rings. The highest BCUT2D eigenvalue weighted by Crippen LogP contribution is 2.22. The molecule has 82 valence electrons. The molecule has 2 aromatic rings. The molecule has 0 aliphatic heterocycles. The fourth-order valence-electron chi connectivity index (χ4n) is 1.39. The molecular formula is C12H8F3N. The molecule has 1 aromatic carbocycles. The molecule has 4 heteroatoms. The van der Waals surface area contributed by atoms with E-state index in [0.717, 1.165) is 12.1 Å². The molecule has 1 heterocycles. The topological polar surface area (TPSA) is 12.9 Å². The van der Waals surface area contributed by atoms with Crippen LogP contribution in [-0.2, 0) is 0 Å². The maximum absolute atomic E-state index is 13.0. The lowest BCUT2D eigenvalue weighted by Gasteiger charge is -2.03. The first-order chi connectivity index (χ1) is 7.58. The molecule has 0 atom stereocenters. The summed E-state index contributed by atoms with van der Waals surface area (Å²) in [7, 11) is 0. The van der Waals surface area contributed by atoms with E-state index in [1.165, 1.54) is 18.3 Å². The predicted molar refractivity (Wildman–Crippen MR) is 54.3 cm³/mol. The highest BCUT2D eigenvalue weighted by atomic mass is 19.2. The van der Waals surface area contributed by atoms with Gasteiger partial charge in [0.05, 0.1) is 0 Å². The van der Waals surface area contributed by atoms with Gasteiger partial charge in [-0.05, 0) is 30.7 Å². The third-order valence-corrected chi connectivity index (χ3v) is 2.27. The number of hydrogen-bond acceptors (Lipinski definition) is 1. The minimum absolute atomic E-state index is 0.363. The average Bonchev–Trinajstić information content (AvgIpc) is 2.26. The van der Waals surface area contributed by atoms with E-state index in [1.54, 1.807) is 6.92 Å². The molecule has 16 heavy (non-hydrogen) atoms. The molecule has 0 aliphatic carbocycles. The lowest BCUT2D eigenvalue weighted by molar-refractivity contribution is 0.509. The Morgan fingerprint density at radius 1 is 0.938 bits per heavy atom. The van der Waals surface area contributed by atoms with Gasteiger partial charge in [0.25, 0.3) is 0 Å². The van der Waals surface area contributed by atoms with Gasteiger partial charge in [0.2, 0.25) is 5.95 Å². The molecule has 0 saturated carbocycles. The van der Waals surface area contributed by atoms with E-state index in [9.17, 15) is 13.2 Å². The van der Waals surface area contributed by atoms with Crippen LogP contribution >= 0.6 is 0 Å². The van der Waals surface area contributed by atoms with Crippen LogP contribution in [0.5, 0.6) is 0 Å². The summed E-state index contributed by atoms with van der Waals surface area (Å²) in [6.07, 6.45) is 1.29. The fraction of sp³-hybridized carbons (Fsp3) is 0.0833. The SMILES string of the molecule is Cc1cc(-c2ccc(F)c(F)c2)cnc1F. The zero-order valence-corrected chi connectivity index (χ0v) is 8.47. The van der Waals surface area contributed by atoms with Gasteiger partial charge < -0.3 is 0 Å². The van der Waals surface area contributed by atoms with Crippen molar-refractivity contribution in [2.24, 2.45) is 0 Å². The quantitative estimate of drug-likeness (QED) is 0.674. The van der Waals surface area contributed by atoms with Crippen molar-refractivity contribution in [2.45, 2.75) is 6.92 Å². The van der Waals surface area contributed by atoms with E-state index < -0.39 is 17.6 Å². The van der Waals surface area contributed by atoms with Crippen LogP contribution in [-0.4, -0.2) is 4.98 Å². The first kappa shape index (κ1) is 10.7. The van der Waals surface area contributed by atoms with Crippen LogP contribution in [0.3, 0.4) is 0 Å². The number of halogens is 3. The van der Waals surface area contributed by atoms with Gasteiger partial charge in [0.1, 0.15) is 0 Å². The van der Waals surface area contributed by atoms with Crippen molar-refractivity contribution in [3.63, 3.8) is 0 Å². The maximum Gasteiger partial charge on any atom is 0.215 e. The molecule has 0 unspecified atom stereocenters. The van der Waals surface area contributed by atoms with E-state index in [4.69, 9.17) is 0 Å². The van der Waals surface area contributed by atoms with Crippen LogP contribution in [0, 0.1) is 24.5 Å². The molecule has 1 aromatic heterocycles. The summed E-state index contributed by atoms with van der Waals surface area (Å²) in [6, 6.07) is 5.05. The molecule has 2 rings (SSSR count). The van der Waals surface area contributed by atoms with Crippen LogP contribution in [0.4, 0.5) is 13.2 Å². The summed E-state index contributed by atoms with van der Waals surface area (Å²) in [6.45, 7) is 1.56. The Morgan fingerprint density at radius 3 is 2.31 bits per heavy atom. The summed E-state index contributed by atoms with van der Waals surface area (Å²) in [4.78, 5) is 3.52. The zero-order valence-electron chi connectivity index (χ0n) is 8.47. The van der Waals surface area contributed by atoms with Gasteiger partial charge in [-0.3, -0.25) is 0 Å². The Morgan fingerprint density at radius 2 is 1.69 bits per heavy atom. The van der Waals surface area contributed by atoms with Crippen molar-refractivity contribution in [1.29, 1.82) is 0 Å². The average molecular weight is 223 g/mol. The van der Waals surface area contributed by atoms with E-state index in [0.29, 0.717) is 16.7 Å². The Labute approximate surface area is 90.6 Å².